The Labute approximate surface area is 301 Å². The lowest BCUT2D eigenvalue weighted by molar-refractivity contribution is 0.669. The molecule has 0 bridgehead atoms. The summed E-state index contributed by atoms with van der Waals surface area (Å²) in [6, 6.07) is 66.4. The molecule has 9 aromatic carbocycles. The zero-order valence-electron chi connectivity index (χ0n) is 28.4. The minimum absolute atomic E-state index is 0.190. The number of hydrogen-bond donors (Lipinski definition) is 0. The maximum atomic E-state index is 6.41. The minimum Gasteiger partial charge on any atom is -0.456 e. The highest BCUT2D eigenvalue weighted by atomic mass is 16.3. The van der Waals surface area contributed by atoms with Crippen LogP contribution in [0.1, 0.15) is 28.2 Å². The zero-order chi connectivity index (χ0) is 34.2. The molecule has 1 aliphatic carbocycles. The molecule has 0 aliphatic heterocycles. The van der Waals surface area contributed by atoms with E-state index < -0.39 is 0 Å². The molecule has 1 atom stereocenters. The Morgan fingerprint density at radius 3 is 1.58 bits per heavy atom. The SMILES string of the molecule is C1=C(c2ccccc2)C(c2ccccc2)c2ccc(-c3c4ccccc4c(-c4ccc5oc6cc7ccccc7cc6c5c4)c4ccccc34)cc21. The summed E-state index contributed by atoms with van der Waals surface area (Å²) in [5, 5.41) is 9.70. The van der Waals surface area contributed by atoms with Crippen LogP contribution in [0.15, 0.2) is 186 Å². The molecule has 0 N–H and O–H groups in total. The molecule has 0 amide bonds. The van der Waals surface area contributed by atoms with Crippen LogP contribution in [-0.4, -0.2) is 0 Å². The summed E-state index contributed by atoms with van der Waals surface area (Å²) in [7, 11) is 0. The standard InChI is InChI=1S/C51H32O/c1-3-13-32(14-4-1)44-30-38-27-36(23-25-39(38)49(44)33-15-5-2-6-16-33)50-40-19-9-11-21-42(40)51(43-22-12-10-20-41(43)50)37-24-26-47-45(29-37)46-28-34-17-7-8-18-35(34)31-48(46)52-47/h1-31,49H. The van der Waals surface area contributed by atoms with E-state index >= 15 is 0 Å². The average molecular weight is 661 g/mol. The van der Waals surface area contributed by atoms with Crippen molar-refractivity contribution < 1.29 is 4.42 Å². The lowest BCUT2D eigenvalue weighted by atomic mass is 9.83. The first-order valence-electron chi connectivity index (χ1n) is 18.0. The summed E-state index contributed by atoms with van der Waals surface area (Å²) in [4.78, 5) is 0. The van der Waals surface area contributed by atoms with Crippen molar-refractivity contribution in [3.8, 4) is 22.3 Å². The summed E-state index contributed by atoms with van der Waals surface area (Å²) in [5.74, 6) is 0.190. The number of allylic oxidation sites excluding steroid dienone is 1. The van der Waals surface area contributed by atoms with Gasteiger partial charge in [0.2, 0.25) is 0 Å². The van der Waals surface area contributed by atoms with Crippen molar-refractivity contribution in [2.45, 2.75) is 5.92 Å². The summed E-state index contributed by atoms with van der Waals surface area (Å²) >= 11 is 0. The van der Waals surface area contributed by atoms with Gasteiger partial charge in [-0.25, -0.2) is 0 Å². The minimum atomic E-state index is 0.190. The van der Waals surface area contributed by atoms with E-state index in [4.69, 9.17) is 4.42 Å². The third-order valence-electron chi connectivity index (χ3n) is 11.1. The lowest BCUT2D eigenvalue weighted by Gasteiger charge is -2.20. The number of benzene rings is 9. The fourth-order valence-corrected chi connectivity index (χ4v) is 8.79. The van der Waals surface area contributed by atoms with E-state index in [0.29, 0.717) is 0 Å². The molecule has 52 heavy (non-hydrogen) atoms. The predicted molar refractivity (Wildman–Crippen MR) is 220 cm³/mol. The van der Waals surface area contributed by atoms with Gasteiger partial charge in [-0.2, -0.15) is 0 Å². The molecule has 11 rings (SSSR count). The largest absolute Gasteiger partial charge is 0.456 e. The number of fused-ring (bicyclic) bond motifs is 7. The Bertz CT molecular complexity index is 3000. The van der Waals surface area contributed by atoms with Gasteiger partial charge in [0, 0.05) is 16.7 Å². The number of furan rings is 1. The predicted octanol–water partition coefficient (Wildman–Crippen LogP) is 14.1. The molecule has 0 saturated carbocycles. The first kappa shape index (κ1) is 29.1. The molecule has 10 aromatic rings. The molecular weight excluding hydrogens is 629 g/mol. The smallest absolute Gasteiger partial charge is 0.136 e. The van der Waals surface area contributed by atoms with Crippen LogP contribution in [0.4, 0.5) is 0 Å². The topological polar surface area (TPSA) is 13.1 Å². The number of hydrogen-bond acceptors (Lipinski definition) is 1. The summed E-state index contributed by atoms with van der Waals surface area (Å²) in [6.45, 7) is 0. The zero-order valence-corrected chi connectivity index (χ0v) is 28.4. The fourth-order valence-electron chi connectivity index (χ4n) is 8.79. The Hall–Kier alpha value is -6.70. The van der Waals surface area contributed by atoms with Gasteiger partial charge >= 0.3 is 0 Å². The van der Waals surface area contributed by atoms with Crippen LogP contribution in [-0.2, 0) is 0 Å². The fraction of sp³-hybridized carbons (Fsp3) is 0.0196. The van der Waals surface area contributed by atoms with Crippen molar-refractivity contribution in [2.75, 3.05) is 0 Å². The molecule has 1 aromatic heterocycles. The molecule has 1 heterocycles. The van der Waals surface area contributed by atoms with Gasteiger partial charge in [-0.3, -0.25) is 0 Å². The van der Waals surface area contributed by atoms with Crippen LogP contribution in [0.3, 0.4) is 0 Å². The third-order valence-corrected chi connectivity index (χ3v) is 11.1. The Morgan fingerprint density at radius 1 is 0.365 bits per heavy atom. The molecule has 1 unspecified atom stereocenters. The van der Waals surface area contributed by atoms with E-state index in [1.807, 2.05) is 0 Å². The number of rotatable bonds is 4. The second-order valence-corrected chi connectivity index (χ2v) is 14.0. The quantitative estimate of drug-likeness (QED) is 0.171. The van der Waals surface area contributed by atoms with Gasteiger partial charge < -0.3 is 4.42 Å². The Morgan fingerprint density at radius 2 is 0.904 bits per heavy atom. The summed E-state index contributed by atoms with van der Waals surface area (Å²) < 4.78 is 6.41. The lowest BCUT2D eigenvalue weighted by Crippen LogP contribution is -2.01. The van der Waals surface area contributed by atoms with Gasteiger partial charge in [0.1, 0.15) is 11.2 Å². The second kappa shape index (κ2) is 11.4. The van der Waals surface area contributed by atoms with Crippen molar-refractivity contribution in [1.82, 2.24) is 0 Å². The third kappa shape index (κ3) is 4.43. The molecule has 0 fully saturated rings. The average Bonchev–Trinajstić information content (AvgIpc) is 3.77. The van der Waals surface area contributed by atoms with Crippen molar-refractivity contribution in [2.24, 2.45) is 0 Å². The first-order valence-corrected chi connectivity index (χ1v) is 18.0. The summed E-state index contributed by atoms with van der Waals surface area (Å²) in [6.07, 6.45) is 2.41. The summed E-state index contributed by atoms with van der Waals surface area (Å²) in [5.41, 5.74) is 13.4. The van der Waals surface area contributed by atoms with Crippen LogP contribution in [0.25, 0.3) is 88.2 Å². The molecule has 0 radical (unpaired) electrons. The maximum Gasteiger partial charge on any atom is 0.136 e. The van der Waals surface area contributed by atoms with Crippen molar-refractivity contribution >= 4 is 65.9 Å². The molecule has 1 aliphatic rings. The van der Waals surface area contributed by atoms with E-state index in [1.165, 1.54) is 82.4 Å². The van der Waals surface area contributed by atoms with Crippen LogP contribution >= 0.6 is 0 Å². The van der Waals surface area contributed by atoms with Crippen molar-refractivity contribution in [1.29, 1.82) is 0 Å². The van der Waals surface area contributed by atoms with E-state index in [-0.39, 0.29) is 5.92 Å². The second-order valence-electron chi connectivity index (χ2n) is 14.0. The van der Waals surface area contributed by atoms with Gasteiger partial charge in [-0.1, -0.05) is 152 Å². The molecule has 0 spiro atoms. The highest BCUT2D eigenvalue weighted by Crippen LogP contribution is 2.49. The van der Waals surface area contributed by atoms with Crippen LogP contribution in [0, 0.1) is 0 Å². The van der Waals surface area contributed by atoms with Crippen LogP contribution in [0.5, 0.6) is 0 Å². The van der Waals surface area contributed by atoms with Crippen molar-refractivity contribution in [3.05, 3.63) is 204 Å². The van der Waals surface area contributed by atoms with Gasteiger partial charge in [0.15, 0.2) is 0 Å². The van der Waals surface area contributed by atoms with Gasteiger partial charge in [-0.05, 0) is 119 Å². The molecular formula is C51H32O. The van der Waals surface area contributed by atoms with E-state index in [1.54, 1.807) is 0 Å². The van der Waals surface area contributed by atoms with E-state index in [9.17, 15) is 0 Å². The molecule has 1 heteroatoms. The van der Waals surface area contributed by atoms with E-state index in [2.05, 4.69) is 188 Å². The monoisotopic (exact) mass is 660 g/mol. The van der Waals surface area contributed by atoms with Crippen LogP contribution < -0.4 is 0 Å². The maximum absolute atomic E-state index is 6.41. The first-order chi connectivity index (χ1) is 25.8. The van der Waals surface area contributed by atoms with Gasteiger partial charge in [0.25, 0.3) is 0 Å². The normalized spacial score (nSPS) is 14.1. The van der Waals surface area contributed by atoms with Gasteiger partial charge in [0.05, 0.1) is 0 Å². The highest BCUT2D eigenvalue weighted by molar-refractivity contribution is 6.22. The highest BCUT2D eigenvalue weighted by Gasteiger charge is 2.28. The van der Waals surface area contributed by atoms with Crippen molar-refractivity contribution in [3.63, 3.8) is 0 Å². The molecule has 0 saturated heterocycles. The molecule has 242 valence electrons. The Balaban J connectivity index is 1.13. The van der Waals surface area contributed by atoms with E-state index in [0.717, 1.165) is 21.9 Å². The molecule has 1 nitrogen and oxygen atoms in total. The van der Waals surface area contributed by atoms with Gasteiger partial charge in [-0.15, -0.1) is 0 Å². The Kier molecular flexibility index (Phi) is 6.38. The van der Waals surface area contributed by atoms with Crippen LogP contribution in [0.2, 0.25) is 0 Å².